The summed E-state index contributed by atoms with van der Waals surface area (Å²) in [6.45, 7) is 27.2. The summed E-state index contributed by atoms with van der Waals surface area (Å²) in [5.41, 5.74) is 4.64. The van der Waals surface area contributed by atoms with Gasteiger partial charge in [0.25, 0.3) is 22.9 Å². The number of carbonyl (C=O) groups is 6. The van der Waals surface area contributed by atoms with Gasteiger partial charge in [0.2, 0.25) is 0 Å². The average Bonchev–Trinajstić information content (AvgIpc) is 3.17. The molecule has 0 saturated carbocycles. The maximum absolute atomic E-state index is 12.9. The summed E-state index contributed by atoms with van der Waals surface area (Å²) in [6, 6.07) is 17.5. The molecule has 0 aliphatic carbocycles. The second-order valence-corrected chi connectivity index (χ2v) is 22.7. The highest BCUT2D eigenvalue weighted by molar-refractivity contribution is 7.08. The largest absolute Gasteiger partial charge is 0.500 e. The number of piperazine rings is 2. The number of nitriles is 2. The van der Waals surface area contributed by atoms with Crippen LogP contribution in [0.25, 0.3) is 23.6 Å². The predicted molar refractivity (Wildman–Crippen MR) is 329 cm³/mol. The van der Waals surface area contributed by atoms with Crippen LogP contribution in [0.15, 0.2) is 83.4 Å². The summed E-state index contributed by atoms with van der Waals surface area (Å²) in [7, 11) is 0. The number of benzene rings is 2. The molecular weight excluding hydrogens is 1160 g/mol. The van der Waals surface area contributed by atoms with E-state index >= 15 is 0 Å². The molecule has 2 aliphatic heterocycles. The third kappa shape index (κ3) is 21.9. The lowest BCUT2D eigenvalue weighted by molar-refractivity contribution is -0.136. The van der Waals surface area contributed by atoms with E-state index in [-0.39, 0.29) is 87.0 Å². The zero-order chi connectivity index (χ0) is 64.4. The maximum Gasteiger partial charge on any atom is 0.410 e. The van der Waals surface area contributed by atoms with Crippen LogP contribution in [-0.4, -0.2) is 161 Å². The van der Waals surface area contributed by atoms with Gasteiger partial charge < -0.3 is 63.8 Å². The van der Waals surface area contributed by atoms with Crippen LogP contribution in [0.1, 0.15) is 62.3 Å². The number of nitrogen functional groups attached to an aromatic ring is 1. The standard InChI is InChI=1S/C29H35N5O7S.C17H25N3O4.C14H16N2O4S/c1-6-15-39-27(37)22(17-30)26-34(7-2)25(36)23(42-26)18-31-20-9-8-10-21(16-20)40-19-24(35)32-11-13-33(14-12-32)28(38)41-29(3,4)5;1-17(2,3)24-16(22)20-9-7-19(8-10-20)15(21)12-23-14-6-4-5-13(18)11-14;1-4-7-20-14(18)10(8-15)13-16(5-2)12(17)11(21-13)9-19-6-3/h6,8-10,16,18,31H,1,7,11-15,19H2,2-5H3;4-6,11H,7-10,12,18H2,1-3H3;4,9H,1,5-7H2,2-3H3. The van der Waals surface area contributed by atoms with Crippen LogP contribution in [0.3, 0.4) is 0 Å². The number of aromatic nitrogens is 2. The van der Waals surface area contributed by atoms with Gasteiger partial charge in [-0.3, -0.25) is 28.3 Å². The lowest BCUT2D eigenvalue weighted by Gasteiger charge is -2.35. The fourth-order valence-corrected chi connectivity index (χ4v) is 9.89. The van der Waals surface area contributed by atoms with Crippen molar-refractivity contribution in [1.29, 1.82) is 10.5 Å². The summed E-state index contributed by atoms with van der Waals surface area (Å²) in [5.74, 6) is -0.909. The number of carbonyl (C=O) groups excluding carboxylic acids is 6. The summed E-state index contributed by atoms with van der Waals surface area (Å²) < 4.78 is 40.6. The highest BCUT2D eigenvalue weighted by atomic mass is 32.1. The van der Waals surface area contributed by atoms with Crippen LogP contribution in [0.5, 0.6) is 11.5 Å². The van der Waals surface area contributed by atoms with Crippen molar-refractivity contribution in [2.24, 2.45) is 0 Å². The number of nitrogens with zero attached hydrogens (tertiary/aromatic N) is 8. The fourth-order valence-electron chi connectivity index (χ4n) is 7.73. The van der Waals surface area contributed by atoms with Gasteiger partial charge in [0.1, 0.15) is 72.7 Å². The molecule has 0 bridgehead atoms. The third-order valence-electron chi connectivity index (χ3n) is 11.9. The molecule has 0 radical (unpaired) electrons. The molecule has 0 spiro atoms. The molecule has 4 amide bonds. The van der Waals surface area contributed by atoms with Gasteiger partial charge in [-0.2, -0.15) is 10.5 Å². The van der Waals surface area contributed by atoms with E-state index in [0.29, 0.717) is 92.9 Å². The minimum atomic E-state index is -0.829. The Morgan fingerprint density at radius 1 is 0.632 bits per heavy atom. The Hall–Kier alpha value is -9.34. The van der Waals surface area contributed by atoms with Gasteiger partial charge in [0.05, 0.1) is 6.61 Å². The molecule has 4 aromatic rings. The minimum absolute atomic E-state index is 0.00364. The first kappa shape index (κ1) is 70.1. The first-order valence-electron chi connectivity index (χ1n) is 27.7. The molecule has 4 heterocycles. The SMILES string of the molecule is C=CCOC(=O)C(C#N)=c1sc(=CNc2cccc(OCC(=O)N3CCN(C(=O)OC(C)(C)C)CC3)c2)c(=O)n1CC.C=CCOC(=O)C(C#N)=c1sc(=COCC)c(=O)n1CC.CC(C)(C)OC(=O)N1CCN(C(=O)COc2cccc(N)c2)CC1. The van der Waals surface area contributed by atoms with Crippen LogP contribution in [-0.2, 0) is 56.0 Å². The molecule has 2 fully saturated rings. The average molecular weight is 1240 g/mol. The molecule has 6 rings (SSSR count). The lowest BCUT2D eigenvalue weighted by atomic mass is 10.2. The minimum Gasteiger partial charge on any atom is -0.500 e. The van der Waals surface area contributed by atoms with Crippen molar-refractivity contribution in [2.45, 2.75) is 86.6 Å². The summed E-state index contributed by atoms with van der Waals surface area (Å²) >= 11 is 2.02. The van der Waals surface area contributed by atoms with Crippen LogP contribution < -0.4 is 50.0 Å². The molecule has 0 unspecified atom stereocenters. The Kier molecular flexibility index (Phi) is 27.4. The molecule has 3 N–H and O–H groups in total. The van der Waals surface area contributed by atoms with Gasteiger partial charge >= 0.3 is 24.1 Å². The molecule has 2 aromatic carbocycles. The number of anilines is 2. The van der Waals surface area contributed by atoms with E-state index in [0.717, 1.165) is 22.7 Å². The Labute approximate surface area is 512 Å². The number of nitrogens with one attached hydrogen (secondary N) is 1. The van der Waals surface area contributed by atoms with Crippen LogP contribution >= 0.6 is 22.7 Å². The molecule has 468 valence electrons. The Morgan fingerprint density at radius 3 is 1.45 bits per heavy atom. The van der Waals surface area contributed by atoms with Gasteiger partial charge in [-0.1, -0.05) is 37.4 Å². The van der Waals surface area contributed by atoms with E-state index in [1.54, 1.807) is 95.0 Å². The molecule has 0 atom stereocenters. The lowest BCUT2D eigenvalue weighted by Crippen LogP contribution is -2.52. The number of rotatable bonds is 18. The molecule has 2 aromatic heterocycles. The highest BCUT2D eigenvalue weighted by Gasteiger charge is 2.30. The Morgan fingerprint density at radius 2 is 1.05 bits per heavy atom. The normalized spacial score (nSPS) is 14.2. The number of ether oxygens (including phenoxy) is 7. The van der Waals surface area contributed by atoms with Crippen LogP contribution in [0, 0.1) is 22.7 Å². The molecule has 2 aliphatic rings. The number of thiazole rings is 2. The van der Waals surface area contributed by atoms with Crippen LogP contribution in [0.2, 0.25) is 0 Å². The Bertz CT molecular complexity index is 3560. The van der Waals surface area contributed by atoms with Gasteiger partial charge in [0, 0.05) is 95.2 Å². The molecule has 27 heteroatoms. The number of hydrogen-bond donors (Lipinski definition) is 2. The van der Waals surface area contributed by atoms with Crippen molar-refractivity contribution in [3.8, 4) is 23.6 Å². The van der Waals surface area contributed by atoms with Crippen molar-refractivity contribution in [2.75, 3.05) is 96.4 Å². The zero-order valence-electron chi connectivity index (χ0n) is 50.5. The van der Waals surface area contributed by atoms with Crippen LogP contribution in [0.4, 0.5) is 21.0 Å². The van der Waals surface area contributed by atoms with Crippen molar-refractivity contribution < 1.29 is 61.9 Å². The van der Waals surface area contributed by atoms with Gasteiger partial charge in [-0.05, 0) is 86.6 Å². The molecular formula is C60H76N10O15S2. The Balaban J connectivity index is 0.000000305. The summed E-state index contributed by atoms with van der Waals surface area (Å²) in [6.07, 6.45) is 4.89. The van der Waals surface area contributed by atoms with Gasteiger partial charge in [0.15, 0.2) is 24.4 Å². The second-order valence-electron chi connectivity index (χ2n) is 20.6. The van der Waals surface area contributed by atoms with E-state index in [4.69, 9.17) is 38.9 Å². The molecule has 87 heavy (non-hydrogen) atoms. The van der Waals surface area contributed by atoms with E-state index in [9.17, 15) is 48.9 Å². The van der Waals surface area contributed by atoms with Crippen molar-refractivity contribution in [3.63, 3.8) is 0 Å². The quantitative estimate of drug-likeness (QED) is 0.0623. The van der Waals surface area contributed by atoms with Gasteiger partial charge in [-0.25, -0.2) is 19.2 Å². The number of amides is 4. The number of nitrogens with two attached hydrogens (primary N) is 1. The van der Waals surface area contributed by atoms with Gasteiger partial charge in [-0.15, -0.1) is 22.7 Å². The molecule has 2 saturated heterocycles. The van der Waals surface area contributed by atoms with E-state index < -0.39 is 29.2 Å². The number of esters is 2. The molecule has 25 nitrogen and oxygen atoms in total. The monoisotopic (exact) mass is 1240 g/mol. The zero-order valence-corrected chi connectivity index (χ0v) is 52.2. The first-order valence-corrected chi connectivity index (χ1v) is 29.3. The van der Waals surface area contributed by atoms with E-state index in [2.05, 4.69) is 18.5 Å². The van der Waals surface area contributed by atoms with E-state index in [1.165, 1.54) is 33.7 Å². The van der Waals surface area contributed by atoms with E-state index in [1.807, 2.05) is 47.6 Å². The van der Waals surface area contributed by atoms with Crippen molar-refractivity contribution in [1.82, 2.24) is 28.7 Å². The summed E-state index contributed by atoms with van der Waals surface area (Å²) in [4.78, 5) is 105. The fraction of sp³-hybridized carbons (Fsp3) is 0.433. The second kappa shape index (κ2) is 34.0. The van der Waals surface area contributed by atoms with Crippen molar-refractivity contribution in [3.05, 3.63) is 113 Å². The maximum atomic E-state index is 12.9. The highest BCUT2D eigenvalue weighted by Crippen LogP contribution is 2.19. The first-order chi connectivity index (χ1) is 41.3. The smallest absolute Gasteiger partial charge is 0.410 e. The third-order valence-corrected chi connectivity index (χ3v) is 14.1. The van der Waals surface area contributed by atoms with Crippen molar-refractivity contribution >= 4 is 93.6 Å². The predicted octanol–water partition coefficient (Wildman–Crippen LogP) is 3.48. The summed E-state index contributed by atoms with van der Waals surface area (Å²) in [5, 5.41) is 21.8. The topological polar surface area (TPSA) is 310 Å². The number of hydrogen-bond acceptors (Lipinski definition) is 21.